The van der Waals surface area contributed by atoms with Gasteiger partial charge in [0.05, 0.1) is 0 Å². The van der Waals surface area contributed by atoms with Gasteiger partial charge in [-0.25, -0.2) is 4.79 Å². The van der Waals surface area contributed by atoms with Crippen molar-refractivity contribution in [2.45, 2.75) is 18.9 Å². The van der Waals surface area contributed by atoms with Crippen LogP contribution in [-0.2, 0) is 0 Å². The van der Waals surface area contributed by atoms with Crippen LogP contribution in [0.25, 0.3) is 11.1 Å². The Bertz CT molecular complexity index is 997. The number of likely N-dealkylation sites (tertiary alicyclic amines) is 1. The van der Waals surface area contributed by atoms with E-state index >= 15 is 0 Å². The van der Waals surface area contributed by atoms with Crippen LogP contribution in [0.2, 0.25) is 0 Å². The number of piperidine rings is 1. The van der Waals surface area contributed by atoms with Crippen molar-refractivity contribution in [1.82, 2.24) is 10.2 Å². The zero-order valence-electron chi connectivity index (χ0n) is 16.8. The number of amides is 3. The summed E-state index contributed by atoms with van der Waals surface area (Å²) >= 11 is 0. The third kappa shape index (κ3) is 4.87. The van der Waals surface area contributed by atoms with Gasteiger partial charge in [-0.15, -0.1) is 0 Å². The first-order valence-corrected chi connectivity index (χ1v) is 10.3. The lowest BCUT2D eigenvalue weighted by molar-refractivity contribution is 0.0709. The normalized spacial score (nSPS) is 14.2. The van der Waals surface area contributed by atoms with Crippen LogP contribution >= 0.6 is 0 Å². The third-order valence-electron chi connectivity index (χ3n) is 5.37. The first-order valence-electron chi connectivity index (χ1n) is 10.3. The predicted molar refractivity (Wildman–Crippen MR) is 119 cm³/mol. The SMILES string of the molecule is O=C(Nc1ccccc1)NC1CCN(C(=O)c2cccc(-c3ccccc3)c2)CC1. The number of carbonyl (C=O) groups is 2. The van der Waals surface area contributed by atoms with E-state index in [2.05, 4.69) is 10.6 Å². The molecule has 0 aromatic heterocycles. The smallest absolute Gasteiger partial charge is 0.319 e. The molecule has 4 rings (SSSR count). The Balaban J connectivity index is 1.32. The summed E-state index contributed by atoms with van der Waals surface area (Å²) in [6.45, 7) is 1.26. The van der Waals surface area contributed by atoms with Crippen molar-refractivity contribution in [1.29, 1.82) is 0 Å². The summed E-state index contributed by atoms with van der Waals surface area (Å²) in [5.74, 6) is 0.0416. The Morgan fingerprint density at radius 3 is 2.10 bits per heavy atom. The molecular weight excluding hydrogens is 374 g/mol. The van der Waals surface area contributed by atoms with E-state index in [0.29, 0.717) is 18.7 Å². The predicted octanol–water partition coefficient (Wildman–Crippen LogP) is 4.78. The number of hydrogen-bond donors (Lipinski definition) is 2. The van der Waals surface area contributed by atoms with Crippen LogP contribution in [0, 0.1) is 0 Å². The first-order chi connectivity index (χ1) is 14.7. The first kappa shape index (κ1) is 19.7. The molecule has 1 aliphatic heterocycles. The maximum Gasteiger partial charge on any atom is 0.319 e. The Labute approximate surface area is 176 Å². The second-order valence-electron chi connectivity index (χ2n) is 7.48. The molecular formula is C25H25N3O2. The number of carbonyl (C=O) groups excluding carboxylic acids is 2. The highest BCUT2D eigenvalue weighted by molar-refractivity contribution is 5.95. The Morgan fingerprint density at radius 2 is 1.40 bits per heavy atom. The standard InChI is InChI=1S/C25H25N3O2/c29-24(21-11-7-10-20(18-21)19-8-3-1-4-9-19)28-16-14-23(15-17-28)27-25(30)26-22-12-5-2-6-13-22/h1-13,18,23H,14-17H2,(H2,26,27,30). The molecule has 2 N–H and O–H groups in total. The molecule has 5 heteroatoms. The third-order valence-corrected chi connectivity index (χ3v) is 5.37. The summed E-state index contributed by atoms with van der Waals surface area (Å²) in [6.07, 6.45) is 1.48. The largest absolute Gasteiger partial charge is 0.338 e. The average Bonchev–Trinajstić information content (AvgIpc) is 2.80. The molecule has 3 aromatic carbocycles. The molecule has 1 saturated heterocycles. The van der Waals surface area contributed by atoms with Crippen LogP contribution in [0.1, 0.15) is 23.2 Å². The highest BCUT2D eigenvalue weighted by atomic mass is 16.2. The minimum atomic E-state index is -0.207. The number of nitrogens with one attached hydrogen (secondary N) is 2. The molecule has 152 valence electrons. The minimum absolute atomic E-state index is 0.0416. The lowest BCUT2D eigenvalue weighted by atomic mass is 10.0. The van der Waals surface area contributed by atoms with Gasteiger partial charge in [-0.05, 0) is 48.2 Å². The number of rotatable bonds is 4. The minimum Gasteiger partial charge on any atom is -0.338 e. The van der Waals surface area contributed by atoms with Crippen molar-refractivity contribution in [2.75, 3.05) is 18.4 Å². The molecule has 3 amide bonds. The van der Waals surface area contributed by atoms with E-state index < -0.39 is 0 Å². The summed E-state index contributed by atoms with van der Waals surface area (Å²) < 4.78 is 0. The lowest BCUT2D eigenvalue weighted by Gasteiger charge is -2.32. The maximum atomic E-state index is 13.0. The Hall–Kier alpha value is -3.60. The van der Waals surface area contributed by atoms with Crippen LogP contribution in [0.4, 0.5) is 10.5 Å². The summed E-state index contributed by atoms with van der Waals surface area (Å²) in [7, 11) is 0. The van der Waals surface area contributed by atoms with Crippen molar-refractivity contribution in [3.63, 3.8) is 0 Å². The van der Waals surface area contributed by atoms with Gasteiger partial charge in [0.25, 0.3) is 5.91 Å². The van der Waals surface area contributed by atoms with Crippen LogP contribution in [0.5, 0.6) is 0 Å². The second-order valence-corrected chi connectivity index (χ2v) is 7.48. The van der Waals surface area contributed by atoms with E-state index in [4.69, 9.17) is 0 Å². The van der Waals surface area contributed by atoms with Gasteiger partial charge in [-0.2, -0.15) is 0 Å². The fourth-order valence-electron chi connectivity index (χ4n) is 3.75. The summed E-state index contributed by atoms with van der Waals surface area (Å²) in [5, 5.41) is 5.85. The van der Waals surface area contributed by atoms with Crippen molar-refractivity contribution in [3.8, 4) is 11.1 Å². The van der Waals surface area contributed by atoms with Gasteiger partial charge in [-0.3, -0.25) is 4.79 Å². The van der Waals surface area contributed by atoms with Crippen molar-refractivity contribution in [2.24, 2.45) is 0 Å². The van der Waals surface area contributed by atoms with Crippen molar-refractivity contribution in [3.05, 3.63) is 90.5 Å². The van der Waals surface area contributed by atoms with E-state index in [0.717, 1.165) is 29.7 Å². The topological polar surface area (TPSA) is 61.4 Å². The number of benzene rings is 3. The van der Waals surface area contributed by atoms with Gasteiger partial charge in [0.1, 0.15) is 0 Å². The molecule has 0 unspecified atom stereocenters. The molecule has 0 atom stereocenters. The fourth-order valence-corrected chi connectivity index (χ4v) is 3.75. The number of nitrogens with zero attached hydrogens (tertiary/aromatic N) is 1. The Morgan fingerprint density at radius 1 is 0.767 bits per heavy atom. The molecule has 0 spiro atoms. The molecule has 3 aromatic rings. The van der Waals surface area contributed by atoms with E-state index in [9.17, 15) is 9.59 Å². The van der Waals surface area contributed by atoms with Gasteiger partial charge < -0.3 is 15.5 Å². The molecule has 1 heterocycles. The molecule has 0 saturated carbocycles. The van der Waals surface area contributed by atoms with E-state index in [1.54, 1.807) is 0 Å². The highest BCUT2D eigenvalue weighted by Gasteiger charge is 2.24. The van der Waals surface area contributed by atoms with E-state index in [-0.39, 0.29) is 18.0 Å². The zero-order valence-corrected chi connectivity index (χ0v) is 16.8. The molecule has 30 heavy (non-hydrogen) atoms. The number of urea groups is 1. The summed E-state index contributed by atoms with van der Waals surface area (Å²) in [4.78, 5) is 27.0. The van der Waals surface area contributed by atoms with E-state index in [1.165, 1.54) is 0 Å². The van der Waals surface area contributed by atoms with Gasteiger partial charge in [-0.1, -0.05) is 60.7 Å². The van der Waals surface area contributed by atoms with Gasteiger partial charge in [0, 0.05) is 30.4 Å². The van der Waals surface area contributed by atoms with Crippen molar-refractivity contribution < 1.29 is 9.59 Å². The Kier molecular flexibility index (Phi) is 6.09. The average molecular weight is 399 g/mol. The molecule has 0 bridgehead atoms. The number of anilines is 1. The van der Waals surface area contributed by atoms with E-state index in [1.807, 2.05) is 89.8 Å². The fraction of sp³-hybridized carbons (Fsp3) is 0.200. The quantitative estimate of drug-likeness (QED) is 0.663. The molecule has 5 nitrogen and oxygen atoms in total. The highest BCUT2D eigenvalue weighted by Crippen LogP contribution is 2.22. The molecule has 0 aliphatic carbocycles. The van der Waals surface area contributed by atoms with Gasteiger partial charge >= 0.3 is 6.03 Å². The number of hydrogen-bond acceptors (Lipinski definition) is 2. The van der Waals surface area contributed by atoms with Crippen LogP contribution < -0.4 is 10.6 Å². The van der Waals surface area contributed by atoms with Crippen molar-refractivity contribution >= 4 is 17.6 Å². The monoisotopic (exact) mass is 399 g/mol. The van der Waals surface area contributed by atoms with Crippen LogP contribution in [0.3, 0.4) is 0 Å². The zero-order chi connectivity index (χ0) is 20.8. The maximum absolute atomic E-state index is 13.0. The number of para-hydroxylation sites is 1. The van der Waals surface area contributed by atoms with Crippen LogP contribution in [-0.4, -0.2) is 36.0 Å². The second kappa shape index (κ2) is 9.27. The molecule has 1 fully saturated rings. The van der Waals surface area contributed by atoms with Gasteiger partial charge in [0.2, 0.25) is 0 Å². The summed E-state index contributed by atoms with van der Waals surface area (Å²) in [5.41, 5.74) is 3.60. The van der Waals surface area contributed by atoms with Gasteiger partial charge in [0.15, 0.2) is 0 Å². The lowest BCUT2D eigenvalue weighted by Crippen LogP contribution is -2.47. The van der Waals surface area contributed by atoms with Crippen LogP contribution in [0.15, 0.2) is 84.9 Å². The molecule has 1 aliphatic rings. The summed E-state index contributed by atoms with van der Waals surface area (Å²) in [6, 6.07) is 27.1. The molecule has 0 radical (unpaired) electrons.